The number of esters is 1. The van der Waals surface area contributed by atoms with Crippen molar-refractivity contribution in [2.75, 3.05) is 0 Å². The van der Waals surface area contributed by atoms with Gasteiger partial charge in [0.15, 0.2) is 0 Å². The average molecular weight is 126 g/mol. The highest BCUT2D eigenvalue weighted by Crippen LogP contribution is 1.94. The van der Waals surface area contributed by atoms with Gasteiger partial charge in [-0.3, -0.25) is 0 Å². The number of carbonyl (C=O) groups excluding carboxylic acids is 1. The maximum Gasteiger partial charge on any atom is 0.330 e. The van der Waals surface area contributed by atoms with Crippen LogP contribution in [0.25, 0.3) is 0 Å². The molecule has 50 valence electrons. The maximum absolute atomic E-state index is 10.4. The van der Waals surface area contributed by atoms with Gasteiger partial charge in [-0.1, -0.05) is 6.58 Å². The lowest BCUT2D eigenvalue weighted by Crippen LogP contribution is -2.11. The van der Waals surface area contributed by atoms with Crippen molar-refractivity contribution in [1.82, 2.24) is 0 Å². The molecule has 0 aromatic carbocycles. The van der Waals surface area contributed by atoms with Gasteiger partial charge in [0.2, 0.25) is 0 Å². The topological polar surface area (TPSA) is 26.3 Å². The Hall–Kier alpha value is -0.790. The largest absolute Gasteiger partial charge is 0.459 e. The van der Waals surface area contributed by atoms with Crippen LogP contribution in [0.4, 0.5) is 0 Å². The van der Waals surface area contributed by atoms with Crippen LogP contribution in [0.3, 0.4) is 0 Å². The summed E-state index contributed by atoms with van der Waals surface area (Å²) in [5, 5.41) is 0. The predicted molar refractivity (Wildman–Crippen MR) is 35.4 cm³/mol. The van der Waals surface area contributed by atoms with Crippen molar-refractivity contribution < 1.29 is 9.53 Å². The zero-order valence-corrected chi connectivity index (χ0v) is 5.30. The highest BCUT2D eigenvalue weighted by atomic mass is 16.5. The fourth-order valence-corrected chi connectivity index (χ4v) is 0.271. The molecule has 1 unspecified atom stereocenters. The zero-order chi connectivity index (χ0) is 7.28. The van der Waals surface area contributed by atoms with E-state index in [1.165, 1.54) is 0 Å². The van der Waals surface area contributed by atoms with Crippen molar-refractivity contribution in [2.45, 2.75) is 12.5 Å². The first-order chi connectivity index (χ1) is 4.20. The summed E-state index contributed by atoms with van der Waals surface area (Å²) in [6.45, 7) is 10.2. The van der Waals surface area contributed by atoms with E-state index in [1.807, 2.05) is 0 Å². The molecule has 0 aromatic heterocycles. The summed E-state index contributed by atoms with van der Waals surface area (Å²) in [7, 11) is 0. The van der Waals surface area contributed by atoms with Gasteiger partial charge in [-0.2, -0.15) is 0 Å². The molecule has 2 heteroatoms. The molecule has 9 heavy (non-hydrogen) atoms. The molecule has 0 fully saturated rings. The van der Waals surface area contributed by atoms with E-state index < -0.39 is 5.97 Å². The molecule has 0 amide bonds. The second kappa shape index (κ2) is 4.13. The lowest BCUT2D eigenvalue weighted by Gasteiger charge is -2.06. The van der Waals surface area contributed by atoms with E-state index in [4.69, 9.17) is 0 Å². The number of hydrogen-bond donors (Lipinski definition) is 0. The Morgan fingerprint density at radius 3 is 2.67 bits per heavy atom. The van der Waals surface area contributed by atoms with E-state index in [-0.39, 0.29) is 6.10 Å². The quantitative estimate of drug-likeness (QED) is 0.418. The summed E-state index contributed by atoms with van der Waals surface area (Å²) < 4.78 is 4.62. The summed E-state index contributed by atoms with van der Waals surface area (Å²) >= 11 is 0. The van der Waals surface area contributed by atoms with Gasteiger partial charge in [-0.15, -0.1) is 0 Å². The minimum Gasteiger partial charge on any atom is -0.459 e. The van der Waals surface area contributed by atoms with E-state index >= 15 is 0 Å². The molecule has 2 nitrogen and oxygen atoms in total. The average Bonchev–Trinajstić information content (AvgIpc) is 1.87. The third-order valence-corrected chi connectivity index (χ3v) is 0.771. The summed E-state index contributed by atoms with van der Waals surface area (Å²) in [4.78, 5) is 10.4. The number of ether oxygens (including phenoxy) is 1. The fourth-order valence-electron chi connectivity index (χ4n) is 0.271. The first kappa shape index (κ1) is 8.21. The number of rotatable bonds is 3. The first-order valence-corrected chi connectivity index (χ1v) is 2.66. The molecule has 0 bridgehead atoms. The molecular weight excluding hydrogens is 116 g/mol. The summed E-state index contributed by atoms with van der Waals surface area (Å²) in [5.41, 5.74) is 0. The molecule has 2 radical (unpaired) electrons. The second-order valence-corrected chi connectivity index (χ2v) is 1.55. The third-order valence-electron chi connectivity index (χ3n) is 0.771. The maximum atomic E-state index is 10.4. The first-order valence-electron chi connectivity index (χ1n) is 2.66. The van der Waals surface area contributed by atoms with Crippen LogP contribution in [0.2, 0.25) is 0 Å². The highest BCUT2D eigenvalue weighted by molar-refractivity contribution is 5.81. The SMILES string of the molecule is [CH2]CC([CH2])OC(=O)C=C. The van der Waals surface area contributed by atoms with Gasteiger partial charge in [0.25, 0.3) is 0 Å². The van der Waals surface area contributed by atoms with E-state index in [1.54, 1.807) is 0 Å². The molecule has 0 aromatic rings. The Kier molecular flexibility index (Phi) is 3.76. The number of carbonyl (C=O) groups is 1. The van der Waals surface area contributed by atoms with Crippen molar-refractivity contribution >= 4 is 5.97 Å². The van der Waals surface area contributed by atoms with Crippen molar-refractivity contribution in [3.8, 4) is 0 Å². The zero-order valence-electron chi connectivity index (χ0n) is 5.30. The van der Waals surface area contributed by atoms with Crippen LogP contribution in [-0.2, 0) is 9.53 Å². The van der Waals surface area contributed by atoms with Gasteiger partial charge in [0.1, 0.15) is 6.10 Å². The predicted octanol–water partition coefficient (Wildman–Crippen LogP) is 1.14. The molecule has 1 atom stereocenters. The van der Waals surface area contributed by atoms with Crippen LogP contribution in [-0.4, -0.2) is 12.1 Å². The number of hydrogen-bond acceptors (Lipinski definition) is 2. The van der Waals surface area contributed by atoms with Crippen LogP contribution < -0.4 is 0 Å². The van der Waals surface area contributed by atoms with E-state index in [9.17, 15) is 4.79 Å². The molecule has 0 spiro atoms. The third kappa shape index (κ3) is 3.76. The second-order valence-electron chi connectivity index (χ2n) is 1.55. The highest BCUT2D eigenvalue weighted by Gasteiger charge is 2.01. The lowest BCUT2D eigenvalue weighted by molar-refractivity contribution is -0.140. The van der Waals surface area contributed by atoms with Crippen molar-refractivity contribution in [2.24, 2.45) is 0 Å². The Labute approximate surface area is 55.5 Å². The molecule has 0 saturated carbocycles. The Morgan fingerprint density at radius 2 is 2.33 bits per heavy atom. The van der Waals surface area contributed by atoms with Crippen molar-refractivity contribution in [3.05, 3.63) is 26.5 Å². The van der Waals surface area contributed by atoms with Gasteiger partial charge >= 0.3 is 5.97 Å². The van der Waals surface area contributed by atoms with Crippen LogP contribution in [0.15, 0.2) is 12.7 Å². The standard InChI is InChI=1S/C7H10O2/c1-4-6(3)9-7(8)5-2/h5-6H,1-4H2. The Bertz CT molecular complexity index is 107. The molecule has 0 rings (SSSR count). The van der Waals surface area contributed by atoms with E-state index in [0.717, 1.165) is 6.08 Å². The van der Waals surface area contributed by atoms with E-state index in [2.05, 4.69) is 25.2 Å². The molecular formula is C7H10O2. The smallest absolute Gasteiger partial charge is 0.330 e. The van der Waals surface area contributed by atoms with E-state index in [0.29, 0.717) is 6.42 Å². The molecule has 0 aliphatic carbocycles. The van der Waals surface area contributed by atoms with Gasteiger partial charge in [-0.05, 0) is 20.3 Å². The lowest BCUT2D eigenvalue weighted by atomic mass is 10.3. The molecule has 0 aliphatic rings. The monoisotopic (exact) mass is 126 g/mol. The summed E-state index contributed by atoms with van der Waals surface area (Å²) in [6.07, 6.45) is 1.24. The fraction of sp³-hybridized carbons (Fsp3) is 0.286. The molecule has 0 N–H and O–H groups in total. The molecule has 0 saturated heterocycles. The Balaban J connectivity index is 3.46. The van der Waals surface area contributed by atoms with Gasteiger partial charge in [-0.25, -0.2) is 4.79 Å². The van der Waals surface area contributed by atoms with Crippen LogP contribution in [0.5, 0.6) is 0 Å². The normalized spacial score (nSPS) is 12.2. The summed E-state index contributed by atoms with van der Waals surface area (Å²) in [5.74, 6) is -0.446. The van der Waals surface area contributed by atoms with Crippen molar-refractivity contribution in [3.63, 3.8) is 0 Å². The minimum absolute atomic E-state index is 0.351. The summed E-state index contributed by atoms with van der Waals surface area (Å²) in [6, 6.07) is 0. The molecule has 0 aliphatic heterocycles. The van der Waals surface area contributed by atoms with Crippen LogP contribution in [0, 0.1) is 13.8 Å². The Morgan fingerprint density at radius 1 is 1.78 bits per heavy atom. The van der Waals surface area contributed by atoms with Crippen LogP contribution in [0.1, 0.15) is 6.42 Å². The molecule has 0 heterocycles. The van der Waals surface area contributed by atoms with Crippen LogP contribution >= 0.6 is 0 Å². The van der Waals surface area contributed by atoms with Gasteiger partial charge in [0.05, 0.1) is 0 Å². The van der Waals surface area contributed by atoms with Crippen molar-refractivity contribution in [1.29, 1.82) is 0 Å². The minimum atomic E-state index is -0.446. The van der Waals surface area contributed by atoms with Gasteiger partial charge in [0, 0.05) is 6.08 Å². The van der Waals surface area contributed by atoms with Gasteiger partial charge < -0.3 is 4.74 Å².